The van der Waals surface area contributed by atoms with E-state index in [-0.39, 0.29) is 11.8 Å². The monoisotopic (exact) mass is 328 g/mol. The van der Waals surface area contributed by atoms with Crippen LogP contribution in [0.2, 0.25) is 0 Å². The third kappa shape index (κ3) is 3.11. The zero-order valence-electron chi connectivity index (χ0n) is 14.2. The van der Waals surface area contributed by atoms with Crippen molar-refractivity contribution in [1.29, 1.82) is 5.26 Å². The maximum atomic E-state index is 12.6. The van der Waals surface area contributed by atoms with Gasteiger partial charge >= 0.3 is 0 Å². The number of carbonyl (C=O) groups excluding carboxylic acids is 1. The van der Waals surface area contributed by atoms with Gasteiger partial charge in [0.1, 0.15) is 17.5 Å². The molecule has 5 nitrogen and oxygen atoms in total. The molecular formula is C19H24N2O3. The molecule has 1 unspecified atom stereocenters. The van der Waals surface area contributed by atoms with E-state index < -0.39 is 17.7 Å². The van der Waals surface area contributed by atoms with Crippen molar-refractivity contribution in [3.05, 3.63) is 29.3 Å². The van der Waals surface area contributed by atoms with Crippen LogP contribution in [0.3, 0.4) is 0 Å². The van der Waals surface area contributed by atoms with E-state index in [2.05, 4.69) is 11.4 Å². The van der Waals surface area contributed by atoms with Gasteiger partial charge in [-0.25, -0.2) is 0 Å². The molecule has 0 radical (unpaired) electrons. The van der Waals surface area contributed by atoms with Gasteiger partial charge in [0.15, 0.2) is 0 Å². The molecule has 1 fully saturated rings. The molecule has 1 aromatic rings. The summed E-state index contributed by atoms with van der Waals surface area (Å²) in [6.45, 7) is 3.73. The van der Waals surface area contributed by atoms with Gasteiger partial charge in [0.05, 0.1) is 17.7 Å². The van der Waals surface area contributed by atoms with E-state index in [4.69, 9.17) is 10.00 Å². The lowest BCUT2D eigenvalue weighted by atomic mass is 9.84. The van der Waals surface area contributed by atoms with Crippen molar-refractivity contribution in [2.45, 2.75) is 63.7 Å². The van der Waals surface area contributed by atoms with Gasteiger partial charge in [-0.15, -0.1) is 0 Å². The SMILES string of the molecule is CC1(C)Oc2ccc(C#N)cc2C(O)[C@H]1NC(=O)C1CCCCC1. The van der Waals surface area contributed by atoms with Crippen LogP contribution in [-0.2, 0) is 4.79 Å². The van der Waals surface area contributed by atoms with Crippen LogP contribution in [0, 0.1) is 17.2 Å². The Hall–Kier alpha value is -2.06. The van der Waals surface area contributed by atoms with E-state index in [0.717, 1.165) is 25.7 Å². The van der Waals surface area contributed by atoms with Gasteiger partial charge in [0, 0.05) is 11.5 Å². The normalized spacial score (nSPS) is 25.9. The Bertz CT molecular complexity index is 672. The van der Waals surface area contributed by atoms with Crippen LogP contribution < -0.4 is 10.1 Å². The number of hydrogen-bond donors (Lipinski definition) is 2. The van der Waals surface area contributed by atoms with Crippen molar-refractivity contribution in [3.8, 4) is 11.8 Å². The molecule has 0 bridgehead atoms. The van der Waals surface area contributed by atoms with Crippen molar-refractivity contribution in [1.82, 2.24) is 5.32 Å². The number of fused-ring (bicyclic) bond motifs is 1. The molecule has 24 heavy (non-hydrogen) atoms. The molecule has 0 saturated heterocycles. The maximum Gasteiger partial charge on any atom is 0.223 e. The quantitative estimate of drug-likeness (QED) is 0.874. The molecule has 2 N–H and O–H groups in total. The maximum absolute atomic E-state index is 12.6. The number of benzene rings is 1. The highest BCUT2D eigenvalue weighted by Gasteiger charge is 2.44. The van der Waals surface area contributed by atoms with E-state index in [1.165, 1.54) is 6.42 Å². The number of hydrogen-bond acceptors (Lipinski definition) is 4. The van der Waals surface area contributed by atoms with Crippen molar-refractivity contribution in [2.24, 2.45) is 5.92 Å². The first-order valence-electron chi connectivity index (χ1n) is 8.64. The summed E-state index contributed by atoms with van der Waals surface area (Å²) < 4.78 is 6.01. The first-order chi connectivity index (χ1) is 11.4. The van der Waals surface area contributed by atoms with Gasteiger partial charge in [-0.05, 0) is 44.9 Å². The summed E-state index contributed by atoms with van der Waals surface area (Å²) in [4.78, 5) is 12.6. The molecule has 1 aromatic carbocycles. The van der Waals surface area contributed by atoms with Crippen LogP contribution >= 0.6 is 0 Å². The average molecular weight is 328 g/mol. The number of aliphatic hydroxyl groups excluding tert-OH is 1. The summed E-state index contributed by atoms with van der Waals surface area (Å²) in [6, 6.07) is 6.53. The van der Waals surface area contributed by atoms with Crippen molar-refractivity contribution in [3.63, 3.8) is 0 Å². The zero-order valence-corrected chi connectivity index (χ0v) is 14.2. The zero-order chi connectivity index (χ0) is 17.3. The second kappa shape index (κ2) is 6.45. The fourth-order valence-electron chi connectivity index (χ4n) is 3.74. The van der Waals surface area contributed by atoms with Gasteiger partial charge in [-0.3, -0.25) is 4.79 Å². The van der Waals surface area contributed by atoms with Gasteiger partial charge < -0.3 is 15.2 Å². The van der Waals surface area contributed by atoms with Crippen LogP contribution in [0.5, 0.6) is 5.75 Å². The highest BCUT2D eigenvalue weighted by atomic mass is 16.5. The van der Waals surface area contributed by atoms with Gasteiger partial charge in [0.25, 0.3) is 0 Å². The smallest absolute Gasteiger partial charge is 0.223 e. The topological polar surface area (TPSA) is 82.3 Å². The summed E-state index contributed by atoms with van der Waals surface area (Å²) in [5, 5.41) is 22.9. The van der Waals surface area contributed by atoms with Crippen LogP contribution in [-0.4, -0.2) is 22.7 Å². The number of nitrogens with one attached hydrogen (secondary N) is 1. The van der Waals surface area contributed by atoms with Crippen molar-refractivity contribution in [2.75, 3.05) is 0 Å². The fourth-order valence-corrected chi connectivity index (χ4v) is 3.74. The van der Waals surface area contributed by atoms with Crippen molar-refractivity contribution >= 4 is 5.91 Å². The second-order valence-corrected chi connectivity index (χ2v) is 7.34. The standard InChI is InChI=1S/C19H24N2O3/c1-19(2)17(21-18(23)13-6-4-3-5-7-13)16(22)14-10-12(11-20)8-9-15(14)24-19/h8-10,13,16-17,22H,3-7H2,1-2H3,(H,21,23)/t16?,17-/m1/s1. The number of nitriles is 1. The van der Waals surface area contributed by atoms with Gasteiger partial charge in [0.2, 0.25) is 5.91 Å². The number of carbonyl (C=O) groups is 1. The summed E-state index contributed by atoms with van der Waals surface area (Å²) in [7, 11) is 0. The van der Waals surface area contributed by atoms with Crippen LogP contribution in [0.4, 0.5) is 0 Å². The summed E-state index contributed by atoms with van der Waals surface area (Å²) in [6.07, 6.45) is 4.27. The van der Waals surface area contributed by atoms with Crippen LogP contribution in [0.1, 0.15) is 63.2 Å². The first kappa shape index (κ1) is 16.8. The lowest BCUT2D eigenvalue weighted by Crippen LogP contribution is -2.58. The average Bonchev–Trinajstić information content (AvgIpc) is 2.58. The van der Waals surface area contributed by atoms with E-state index in [1.54, 1.807) is 18.2 Å². The highest BCUT2D eigenvalue weighted by molar-refractivity contribution is 5.79. The van der Waals surface area contributed by atoms with Gasteiger partial charge in [-0.2, -0.15) is 5.26 Å². The number of rotatable bonds is 2. The molecule has 5 heteroatoms. The number of amides is 1. The largest absolute Gasteiger partial charge is 0.485 e. The summed E-state index contributed by atoms with van der Waals surface area (Å²) >= 11 is 0. The minimum atomic E-state index is -0.899. The Morgan fingerprint density at radius 1 is 1.33 bits per heavy atom. The number of nitrogens with zero attached hydrogens (tertiary/aromatic N) is 1. The predicted molar refractivity (Wildman–Crippen MR) is 89.3 cm³/mol. The predicted octanol–water partition coefficient (Wildman–Crippen LogP) is 2.83. The third-order valence-corrected chi connectivity index (χ3v) is 5.17. The molecular weight excluding hydrogens is 304 g/mol. The minimum absolute atomic E-state index is 0.00434. The Balaban J connectivity index is 1.83. The number of aliphatic hydroxyl groups is 1. The van der Waals surface area contributed by atoms with Crippen molar-refractivity contribution < 1.29 is 14.6 Å². The first-order valence-corrected chi connectivity index (χ1v) is 8.64. The lowest BCUT2D eigenvalue weighted by Gasteiger charge is -2.43. The Labute approximate surface area is 142 Å². The molecule has 1 heterocycles. The Kier molecular flexibility index (Phi) is 4.51. The molecule has 1 aliphatic carbocycles. The van der Waals surface area contributed by atoms with E-state index in [1.807, 2.05) is 13.8 Å². The Morgan fingerprint density at radius 2 is 2.04 bits per heavy atom. The molecule has 3 rings (SSSR count). The minimum Gasteiger partial charge on any atom is -0.485 e. The van der Waals surface area contributed by atoms with E-state index >= 15 is 0 Å². The summed E-state index contributed by atoms with van der Waals surface area (Å²) in [5.41, 5.74) is 0.293. The number of ether oxygens (including phenoxy) is 1. The fraction of sp³-hybridized carbons (Fsp3) is 0.579. The van der Waals surface area contributed by atoms with Crippen LogP contribution in [0.25, 0.3) is 0 Å². The molecule has 0 aromatic heterocycles. The van der Waals surface area contributed by atoms with E-state index in [9.17, 15) is 9.90 Å². The van der Waals surface area contributed by atoms with Gasteiger partial charge in [-0.1, -0.05) is 19.3 Å². The summed E-state index contributed by atoms with van der Waals surface area (Å²) in [5.74, 6) is 0.582. The molecule has 2 aliphatic rings. The molecule has 1 saturated carbocycles. The highest BCUT2D eigenvalue weighted by Crippen LogP contribution is 2.40. The molecule has 1 amide bonds. The molecule has 0 spiro atoms. The molecule has 2 atom stereocenters. The molecule has 128 valence electrons. The van der Waals surface area contributed by atoms with E-state index in [0.29, 0.717) is 16.9 Å². The lowest BCUT2D eigenvalue weighted by molar-refractivity contribution is -0.131. The molecule has 1 aliphatic heterocycles. The van der Waals surface area contributed by atoms with Crippen LogP contribution in [0.15, 0.2) is 18.2 Å². The third-order valence-electron chi connectivity index (χ3n) is 5.17. The Morgan fingerprint density at radius 3 is 2.71 bits per heavy atom. The second-order valence-electron chi connectivity index (χ2n) is 7.34.